The molecule has 1 N–H and O–H groups in total. The second-order valence-corrected chi connectivity index (χ2v) is 8.16. The Labute approximate surface area is 181 Å². The Bertz CT molecular complexity index is 956. The van der Waals surface area contributed by atoms with Crippen molar-refractivity contribution in [3.05, 3.63) is 54.1 Å². The number of ether oxygens (including phenoxy) is 1. The molecule has 1 unspecified atom stereocenters. The summed E-state index contributed by atoms with van der Waals surface area (Å²) in [5.41, 5.74) is 2.30. The summed E-state index contributed by atoms with van der Waals surface area (Å²) >= 11 is 0. The fraction of sp³-hybridized carbons (Fsp3) is 0.348. The molecule has 0 radical (unpaired) electrons. The molecule has 1 aliphatic rings. The minimum Gasteiger partial charge on any atom is -0.491 e. The molecule has 0 aliphatic carbocycles. The zero-order valence-electron chi connectivity index (χ0n) is 18.1. The van der Waals surface area contributed by atoms with Gasteiger partial charge in [-0.1, -0.05) is 42.0 Å². The monoisotopic (exact) mass is 425 g/mol. The first-order valence-corrected chi connectivity index (χ1v) is 9.97. The predicted molar refractivity (Wildman–Crippen MR) is 115 cm³/mol. The van der Waals surface area contributed by atoms with Crippen LogP contribution >= 0.6 is 0 Å². The number of hydroxylamine groups is 2. The first-order chi connectivity index (χ1) is 14.6. The van der Waals surface area contributed by atoms with Crippen LogP contribution in [0.5, 0.6) is 5.75 Å². The number of imide groups is 1. The molecule has 1 heterocycles. The highest BCUT2D eigenvalue weighted by Crippen LogP contribution is 2.27. The number of likely N-dealkylation sites (N-methyl/N-ethyl adjacent to an activating group) is 1. The number of hydrogen-bond donors (Lipinski definition) is 1. The van der Waals surface area contributed by atoms with Crippen LogP contribution in [0.1, 0.15) is 19.4 Å². The number of hydrogen-bond acceptors (Lipinski definition) is 5. The van der Waals surface area contributed by atoms with Crippen molar-refractivity contribution in [1.29, 1.82) is 0 Å². The molecule has 0 bridgehead atoms. The van der Waals surface area contributed by atoms with Gasteiger partial charge in [0.15, 0.2) is 0 Å². The second kappa shape index (κ2) is 8.77. The number of carbonyl (C=O) groups is 3. The lowest BCUT2D eigenvalue weighted by Gasteiger charge is -2.26. The van der Waals surface area contributed by atoms with Crippen molar-refractivity contribution in [1.82, 2.24) is 14.9 Å². The normalized spacial score (nSPS) is 16.4. The fourth-order valence-electron chi connectivity index (χ4n) is 3.33. The summed E-state index contributed by atoms with van der Waals surface area (Å²) in [6.45, 7) is 5.04. The van der Waals surface area contributed by atoms with Crippen molar-refractivity contribution >= 4 is 18.3 Å². The van der Waals surface area contributed by atoms with Gasteiger partial charge in [0.25, 0.3) is 5.91 Å². The van der Waals surface area contributed by atoms with E-state index in [1.807, 2.05) is 43.3 Å². The molecule has 8 heteroatoms. The van der Waals surface area contributed by atoms with Crippen molar-refractivity contribution in [3.8, 4) is 16.9 Å². The molecule has 0 saturated carbocycles. The summed E-state index contributed by atoms with van der Waals surface area (Å²) in [4.78, 5) is 38.5. The van der Waals surface area contributed by atoms with E-state index in [-0.39, 0.29) is 19.6 Å². The number of rotatable bonds is 8. The molecule has 31 heavy (non-hydrogen) atoms. The van der Waals surface area contributed by atoms with Crippen LogP contribution in [-0.4, -0.2) is 70.2 Å². The summed E-state index contributed by atoms with van der Waals surface area (Å²) in [6.07, 6.45) is 0.231. The molecular weight excluding hydrogens is 398 g/mol. The van der Waals surface area contributed by atoms with Crippen LogP contribution in [0.25, 0.3) is 11.1 Å². The maximum atomic E-state index is 12.6. The number of aryl methyl sites for hydroxylation is 1. The smallest absolute Gasteiger partial charge is 0.327 e. The maximum Gasteiger partial charge on any atom is 0.327 e. The fourth-order valence-corrected chi connectivity index (χ4v) is 3.33. The Kier molecular flexibility index (Phi) is 6.31. The summed E-state index contributed by atoms with van der Waals surface area (Å²) in [5, 5.41) is 10.4. The van der Waals surface area contributed by atoms with Gasteiger partial charge in [-0.25, -0.2) is 9.86 Å². The Morgan fingerprint density at radius 2 is 1.61 bits per heavy atom. The van der Waals surface area contributed by atoms with E-state index in [0.29, 0.717) is 10.8 Å². The number of amides is 4. The molecule has 0 spiro atoms. The van der Waals surface area contributed by atoms with Crippen LogP contribution in [0.15, 0.2) is 48.5 Å². The van der Waals surface area contributed by atoms with Gasteiger partial charge >= 0.3 is 6.03 Å². The highest BCUT2D eigenvalue weighted by molar-refractivity contribution is 6.06. The van der Waals surface area contributed by atoms with Gasteiger partial charge in [-0.05, 0) is 44.0 Å². The molecule has 8 nitrogen and oxygen atoms in total. The van der Waals surface area contributed by atoms with Gasteiger partial charge < -0.3 is 9.64 Å². The van der Waals surface area contributed by atoms with E-state index >= 15 is 0 Å². The van der Waals surface area contributed by atoms with E-state index < -0.39 is 23.5 Å². The predicted octanol–water partition coefficient (Wildman–Crippen LogP) is 2.93. The van der Waals surface area contributed by atoms with Gasteiger partial charge in [-0.2, -0.15) is 0 Å². The van der Waals surface area contributed by atoms with Gasteiger partial charge in [0.1, 0.15) is 23.9 Å². The van der Waals surface area contributed by atoms with Crippen LogP contribution in [0.2, 0.25) is 0 Å². The van der Waals surface area contributed by atoms with Crippen molar-refractivity contribution < 1.29 is 24.3 Å². The Morgan fingerprint density at radius 1 is 1.06 bits per heavy atom. The minimum absolute atomic E-state index is 0.0969. The van der Waals surface area contributed by atoms with Crippen molar-refractivity contribution in [3.63, 3.8) is 0 Å². The standard InChI is InChI=1S/C23H27N3O5/c1-16-5-7-17(8-6-16)18-9-11-20(12-10-18)31-14-19(26(30)15-27)13-25-21(28)23(2,3)24(4)22(25)29/h5-12,15,19,30H,13-14H2,1-4H3. The zero-order chi connectivity index (χ0) is 22.8. The molecule has 2 aromatic carbocycles. The van der Waals surface area contributed by atoms with E-state index in [1.165, 1.54) is 17.5 Å². The molecule has 2 aromatic rings. The van der Waals surface area contributed by atoms with Crippen LogP contribution in [0.4, 0.5) is 4.79 Å². The van der Waals surface area contributed by atoms with Crippen molar-refractivity contribution in [2.45, 2.75) is 32.4 Å². The third kappa shape index (κ3) is 4.54. The van der Waals surface area contributed by atoms with Gasteiger partial charge in [-0.3, -0.25) is 19.7 Å². The van der Waals surface area contributed by atoms with Gasteiger partial charge in [0, 0.05) is 7.05 Å². The highest BCUT2D eigenvalue weighted by Gasteiger charge is 2.50. The van der Waals surface area contributed by atoms with E-state index in [9.17, 15) is 19.6 Å². The average molecular weight is 425 g/mol. The lowest BCUT2D eigenvalue weighted by molar-refractivity contribution is -0.165. The van der Waals surface area contributed by atoms with E-state index in [1.54, 1.807) is 26.0 Å². The summed E-state index contributed by atoms with van der Waals surface area (Å²) in [6, 6.07) is 14.2. The molecular formula is C23H27N3O5. The maximum absolute atomic E-state index is 12.6. The molecule has 1 atom stereocenters. The first kappa shape index (κ1) is 22.3. The molecule has 164 valence electrons. The van der Waals surface area contributed by atoms with Gasteiger partial charge in [0.2, 0.25) is 6.41 Å². The third-order valence-corrected chi connectivity index (χ3v) is 5.68. The van der Waals surface area contributed by atoms with Crippen LogP contribution in [0.3, 0.4) is 0 Å². The summed E-state index contributed by atoms with van der Waals surface area (Å²) in [5.74, 6) is 0.142. The number of urea groups is 1. The zero-order valence-corrected chi connectivity index (χ0v) is 18.1. The van der Waals surface area contributed by atoms with Crippen molar-refractivity contribution in [2.75, 3.05) is 20.2 Å². The van der Waals surface area contributed by atoms with E-state index in [2.05, 4.69) is 0 Å². The molecule has 1 fully saturated rings. The van der Waals surface area contributed by atoms with Gasteiger partial charge in [-0.15, -0.1) is 0 Å². The largest absolute Gasteiger partial charge is 0.491 e. The molecule has 4 amide bonds. The number of carbonyl (C=O) groups excluding carboxylic acids is 3. The van der Waals surface area contributed by atoms with Crippen molar-refractivity contribution in [2.24, 2.45) is 0 Å². The number of benzene rings is 2. The van der Waals surface area contributed by atoms with Crippen LogP contribution < -0.4 is 4.74 Å². The Morgan fingerprint density at radius 3 is 2.10 bits per heavy atom. The Hall–Kier alpha value is -3.39. The summed E-state index contributed by atoms with van der Waals surface area (Å²) in [7, 11) is 1.54. The average Bonchev–Trinajstić information content (AvgIpc) is 2.91. The summed E-state index contributed by atoms with van der Waals surface area (Å²) < 4.78 is 5.74. The quantitative estimate of drug-likeness (QED) is 0.304. The Balaban J connectivity index is 1.68. The first-order valence-electron chi connectivity index (χ1n) is 9.97. The number of nitrogens with zero attached hydrogens (tertiary/aromatic N) is 3. The molecule has 1 aliphatic heterocycles. The molecule has 3 rings (SSSR count). The molecule has 0 aromatic heterocycles. The topological polar surface area (TPSA) is 90.4 Å². The lowest BCUT2D eigenvalue weighted by Crippen LogP contribution is -2.48. The van der Waals surface area contributed by atoms with Gasteiger partial charge in [0.05, 0.1) is 6.54 Å². The SMILES string of the molecule is Cc1ccc(-c2ccc(OCC(CN3C(=O)N(C)C(C)(C)C3=O)N(O)C=O)cc2)cc1. The van der Waals surface area contributed by atoms with E-state index in [4.69, 9.17) is 4.74 Å². The van der Waals surface area contributed by atoms with Crippen LogP contribution in [-0.2, 0) is 9.59 Å². The molecule has 1 saturated heterocycles. The second-order valence-electron chi connectivity index (χ2n) is 8.16. The highest BCUT2D eigenvalue weighted by atomic mass is 16.5. The third-order valence-electron chi connectivity index (χ3n) is 5.68. The lowest BCUT2D eigenvalue weighted by atomic mass is 10.0. The van der Waals surface area contributed by atoms with Crippen LogP contribution in [0, 0.1) is 6.92 Å². The van der Waals surface area contributed by atoms with E-state index in [0.717, 1.165) is 16.0 Å². The minimum atomic E-state index is -0.990.